The largest absolute Gasteiger partial charge is 0.497 e. The van der Waals surface area contributed by atoms with Gasteiger partial charge in [0.2, 0.25) is 5.91 Å². The third-order valence-corrected chi connectivity index (χ3v) is 5.46. The number of ether oxygens (including phenoxy) is 1. The summed E-state index contributed by atoms with van der Waals surface area (Å²) >= 11 is 1.14. The number of methoxy groups -OCH3 is 1. The molecule has 0 aliphatic heterocycles. The van der Waals surface area contributed by atoms with Gasteiger partial charge in [0.1, 0.15) is 11.6 Å². The van der Waals surface area contributed by atoms with Crippen LogP contribution in [-0.4, -0.2) is 28.3 Å². The second-order valence-corrected chi connectivity index (χ2v) is 7.54. The van der Waals surface area contributed by atoms with Crippen LogP contribution in [0.3, 0.4) is 0 Å². The molecule has 3 aromatic carbocycles. The highest BCUT2D eigenvalue weighted by atomic mass is 32.2. The van der Waals surface area contributed by atoms with Gasteiger partial charge >= 0.3 is 0 Å². The van der Waals surface area contributed by atoms with Crippen molar-refractivity contribution < 1.29 is 13.9 Å². The number of hydrogen-bond donors (Lipinski definition) is 1. The number of carbonyl (C=O) groups is 1. The van der Waals surface area contributed by atoms with Crippen LogP contribution in [0.2, 0.25) is 0 Å². The van der Waals surface area contributed by atoms with Crippen molar-refractivity contribution in [2.75, 3.05) is 18.2 Å². The van der Waals surface area contributed by atoms with E-state index in [9.17, 15) is 14.0 Å². The third kappa shape index (κ3) is 4.59. The monoisotopic (exact) mass is 435 g/mol. The van der Waals surface area contributed by atoms with Gasteiger partial charge in [0.05, 0.1) is 29.5 Å². The molecule has 0 spiro atoms. The predicted octanol–water partition coefficient (Wildman–Crippen LogP) is 4.26. The first-order chi connectivity index (χ1) is 15.0. The number of para-hydroxylation sites is 1. The van der Waals surface area contributed by atoms with Crippen LogP contribution in [0, 0.1) is 5.82 Å². The van der Waals surface area contributed by atoms with Crippen molar-refractivity contribution >= 4 is 34.3 Å². The highest BCUT2D eigenvalue weighted by Crippen LogP contribution is 2.24. The number of hydrogen-bond acceptors (Lipinski definition) is 5. The molecule has 1 heterocycles. The average molecular weight is 435 g/mol. The van der Waals surface area contributed by atoms with Crippen LogP contribution < -0.4 is 15.6 Å². The Morgan fingerprint density at radius 3 is 2.65 bits per heavy atom. The summed E-state index contributed by atoms with van der Waals surface area (Å²) in [4.78, 5) is 30.3. The van der Waals surface area contributed by atoms with E-state index in [0.717, 1.165) is 11.8 Å². The van der Waals surface area contributed by atoms with Gasteiger partial charge in [-0.15, -0.1) is 0 Å². The smallest absolute Gasteiger partial charge is 0.266 e. The van der Waals surface area contributed by atoms with E-state index >= 15 is 0 Å². The Hall–Kier alpha value is -3.65. The van der Waals surface area contributed by atoms with E-state index < -0.39 is 0 Å². The minimum Gasteiger partial charge on any atom is -0.497 e. The van der Waals surface area contributed by atoms with Gasteiger partial charge in [0.25, 0.3) is 5.56 Å². The van der Waals surface area contributed by atoms with E-state index in [0.29, 0.717) is 33.2 Å². The van der Waals surface area contributed by atoms with Crippen molar-refractivity contribution in [3.05, 3.63) is 89.0 Å². The summed E-state index contributed by atoms with van der Waals surface area (Å²) < 4.78 is 19.8. The summed E-state index contributed by atoms with van der Waals surface area (Å²) in [7, 11) is 1.55. The molecule has 6 nitrogen and oxygen atoms in total. The Morgan fingerprint density at radius 1 is 1.10 bits per heavy atom. The molecule has 4 aromatic rings. The molecule has 1 N–H and O–H groups in total. The maximum Gasteiger partial charge on any atom is 0.266 e. The maximum atomic E-state index is 13.2. The molecule has 0 radical (unpaired) electrons. The highest BCUT2D eigenvalue weighted by Gasteiger charge is 2.15. The van der Waals surface area contributed by atoms with Gasteiger partial charge in [-0.3, -0.25) is 14.2 Å². The fourth-order valence-corrected chi connectivity index (χ4v) is 3.86. The summed E-state index contributed by atoms with van der Waals surface area (Å²) in [6, 6.07) is 19.7. The van der Waals surface area contributed by atoms with Crippen molar-refractivity contribution in [3.8, 4) is 11.4 Å². The van der Waals surface area contributed by atoms with Gasteiger partial charge in [-0.1, -0.05) is 30.0 Å². The predicted molar refractivity (Wildman–Crippen MR) is 120 cm³/mol. The number of amides is 1. The van der Waals surface area contributed by atoms with Crippen LogP contribution in [0.15, 0.2) is 82.7 Å². The molecular weight excluding hydrogens is 417 g/mol. The maximum absolute atomic E-state index is 13.2. The molecule has 0 aliphatic rings. The summed E-state index contributed by atoms with van der Waals surface area (Å²) in [6.45, 7) is 0. The number of anilines is 1. The molecule has 1 amide bonds. The minimum absolute atomic E-state index is 0.0200. The van der Waals surface area contributed by atoms with E-state index in [4.69, 9.17) is 4.74 Å². The Labute approximate surface area is 181 Å². The second-order valence-electron chi connectivity index (χ2n) is 6.60. The van der Waals surface area contributed by atoms with Crippen molar-refractivity contribution in [2.24, 2.45) is 0 Å². The summed E-state index contributed by atoms with van der Waals surface area (Å²) in [5.41, 5.74) is 1.39. The van der Waals surface area contributed by atoms with Gasteiger partial charge < -0.3 is 10.1 Å². The molecule has 0 bridgehead atoms. The zero-order valence-corrected chi connectivity index (χ0v) is 17.4. The van der Waals surface area contributed by atoms with Crippen molar-refractivity contribution in [1.82, 2.24) is 9.55 Å². The minimum atomic E-state index is -0.380. The number of thioether (sulfide) groups is 1. The van der Waals surface area contributed by atoms with Gasteiger partial charge in [-0.05, 0) is 48.5 Å². The van der Waals surface area contributed by atoms with Crippen LogP contribution in [0.4, 0.5) is 10.1 Å². The number of halogens is 1. The molecular formula is C23H18FN3O3S. The fourth-order valence-electron chi connectivity index (χ4n) is 3.05. The lowest BCUT2D eigenvalue weighted by molar-refractivity contribution is -0.113. The number of nitrogens with zero attached hydrogens (tertiary/aromatic N) is 2. The second kappa shape index (κ2) is 9.01. The Kier molecular flexibility index (Phi) is 5.99. The lowest BCUT2D eigenvalue weighted by Crippen LogP contribution is -2.23. The van der Waals surface area contributed by atoms with Crippen molar-refractivity contribution in [1.29, 1.82) is 0 Å². The van der Waals surface area contributed by atoms with E-state index in [1.165, 1.54) is 28.8 Å². The van der Waals surface area contributed by atoms with E-state index in [-0.39, 0.29) is 23.0 Å². The molecule has 4 rings (SSSR count). The first-order valence-electron chi connectivity index (χ1n) is 9.39. The quantitative estimate of drug-likeness (QED) is 0.362. The fraction of sp³-hybridized carbons (Fsp3) is 0.0870. The zero-order valence-electron chi connectivity index (χ0n) is 16.5. The molecule has 0 fully saturated rings. The lowest BCUT2D eigenvalue weighted by atomic mass is 10.2. The normalized spacial score (nSPS) is 10.8. The van der Waals surface area contributed by atoms with E-state index in [1.807, 2.05) is 0 Å². The summed E-state index contributed by atoms with van der Waals surface area (Å²) in [5.74, 6) is -0.0552. The van der Waals surface area contributed by atoms with Crippen molar-refractivity contribution in [3.63, 3.8) is 0 Å². The van der Waals surface area contributed by atoms with Gasteiger partial charge in [0, 0.05) is 11.8 Å². The zero-order chi connectivity index (χ0) is 21.8. The molecule has 0 saturated heterocycles. The van der Waals surface area contributed by atoms with E-state index in [1.54, 1.807) is 55.6 Å². The number of rotatable bonds is 6. The number of carbonyl (C=O) groups excluding carboxylic acids is 1. The van der Waals surface area contributed by atoms with Crippen LogP contribution in [0.5, 0.6) is 5.75 Å². The van der Waals surface area contributed by atoms with Crippen molar-refractivity contribution in [2.45, 2.75) is 5.16 Å². The first kappa shape index (κ1) is 20.6. The number of fused-ring (bicyclic) bond motifs is 1. The van der Waals surface area contributed by atoms with Gasteiger partial charge in [0.15, 0.2) is 5.16 Å². The van der Waals surface area contributed by atoms with Gasteiger partial charge in [-0.25, -0.2) is 9.37 Å². The molecule has 8 heteroatoms. The van der Waals surface area contributed by atoms with E-state index in [2.05, 4.69) is 10.3 Å². The molecule has 0 aliphatic carbocycles. The van der Waals surface area contributed by atoms with Crippen LogP contribution in [0.25, 0.3) is 16.6 Å². The molecule has 156 valence electrons. The summed E-state index contributed by atoms with van der Waals surface area (Å²) in [6.07, 6.45) is 0. The SMILES string of the molecule is COc1cccc(-n2c(SCC(=O)Nc3ccc(F)cc3)nc3ccccc3c2=O)c1. The molecule has 0 atom stereocenters. The third-order valence-electron chi connectivity index (χ3n) is 4.52. The number of aromatic nitrogens is 2. The average Bonchev–Trinajstić information content (AvgIpc) is 2.79. The number of nitrogens with one attached hydrogen (secondary N) is 1. The molecule has 0 unspecified atom stereocenters. The summed E-state index contributed by atoms with van der Waals surface area (Å²) in [5, 5.41) is 3.57. The Balaban J connectivity index is 1.68. The standard InChI is InChI=1S/C23H18FN3O3S/c1-30-18-6-4-5-17(13-18)27-22(29)19-7-2-3-8-20(19)26-23(27)31-14-21(28)25-16-11-9-15(24)10-12-16/h2-13H,14H2,1H3,(H,25,28). The molecule has 0 saturated carbocycles. The number of benzene rings is 3. The van der Waals surface area contributed by atoms with Gasteiger partial charge in [-0.2, -0.15) is 0 Å². The van der Waals surface area contributed by atoms with Crippen LogP contribution >= 0.6 is 11.8 Å². The van der Waals surface area contributed by atoms with Crippen LogP contribution in [-0.2, 0) is 4.79 Å². The lowest BCUT2D eigenvalue weighted by Gasteiger charge is -2.14. The van der Waals surface area contributed by atoms with Crippen LogP contribution in [0.1, 0.15) is 0 Å². The molecule has 31 heavy (non-hydrogen) atoms. The Bertz CT molecular complexity index is 1310. The first-order valence-corrected chi connectivity index (χ1v) is 10.4. The topological polar surface area (TPSA) is 73.2 Å². The Morgan fingerprint density at radius 2 is 1.87 bits per heavy atom. The molecule has 1 aromatic heterocycles. The highest BCUT2D eigenvalue weighted by molar-refractivity contribution is 7.99.